The number of hydrogen-bond donors (Lipinski definition) is 3. The zero-order valence-electron chi connectivity index (χ0n) is 13.9. The van der Waals surface area contributed by atoms with Crippen molar-refractivity contribution < 1.29 is 5.11 Å². The molecule has 2 aromatic rings. The van der Waals surface area contributed by atoms with Gasteiger partial charge in [0.2, 0.25) is 0 Å². The molecule has 124 valence electrons. The number of aliphatic hydroxyl groups excluding tert-OH is 1. The first-order chi connectivity index (χ1) is 11.5. The Morgan fingerprint density at radius 2 is 1.50 bits per heavy atom. The number of hydrogen-bond acceptors (Lipinski definition) is 3. The Kier molecular flexibility index (Phi) is 5.73. The van der Waals surface area contributed by atoms with Gasteiger partial charge in [0.1, 0.15) is 17.4 Å². The number of allylic oxidation sites excluding steroid dienone is 1. The van der Waals surface area contributed by atoms with Crippen LogP contribution in [0.3, 0.4) is 0 Å². The summed E-state index contributed by atoms with van der Waals surface area (Å²) in [5.74, 6) is 0.229. The number of amidine groups is 2. The van der Waals surface area contributed by atoms with E-state index in [9.17, 15) is 5.11 Å². The number of benzene rings is 2. The maximum Gasteiger partial charge on any atom is 0.138 e. The minimum Gasteiger partial charge on any atom is -0.512 e. The van der Waals surface area contributed by atoms with E-state index >= 15 is 0 Å². The summed E-state index contributed by atoms with van der Waals surface area (Å²) in [5.41, 5.74) is 14.9. The maximum atomic E-state index is 9.99. The van der Waals surface area contributed by atoms with Crippen molar-refractivity contribution in [3.63, 3.8) is 0 Å². The molecule has 0 atom stereocenters. The van der Waals surface area contributed by atoms with Crippen molar-refractivity contribution in [1.82, 2.24) is 0 Å². The Morgan fingerprint density at radius 1 is 0.917 bits per heavy atom. The van der Waals surface area contributed by atoms with Crippen LogP contribution in [0.15, 0.2) is 75.9 Å². The van der Waals surface area contributed by atoms with E-state index in [0.717, 1.165) is 17.7 Å². The monoisotopic (exact) mass is 322 g/mol. The zero-order chi connectivity index (χ0) is 17.5. The molecule has 0 bridgehead atoms. The van der Waals surface area contributed by atoms with E-state index in [1.807, 2.05) is 61.5 Å². The van der Waals surface area contributed by atoms with Gasteiger partial charge in [0.25, 0.3) is 0 Å². The molecule has 0 fully saturated rings. The average Bonchev–Trinajstić information content (AvgIpc) is 2.56. The normalized spacial score (nSPS) is 13.6. The number of nitrogens with zero attached hydrogens (tertiary/aromatic N) is 2. The van der Waals surface area contributed by atoms with E-state index in [1.54, 1.807) is 0 Å². The average molecular weight is 322 g/mol. The highest BCUT2D eigenvalue weighted by atomic mass is 16.3. The van der Waals surface area contributed by atoms with Gasteiger partial charge in [-0.1, -0.05) is 43.3 Å². The quantitative estimate of drug-likeness (QED) is 0.444. The molecule has 0 unspecified atom stereocenters. The highest BCUT2D eigenvalue weighted by Gasteiger charge is 2.13. The summed E-state index contributed by atoms with van der Waals surface area (Å²) >= 11 is 0. The Morgan fingerprint density at radius 3 is 2.12 bits per heavy atom. The predicted octanol–water partition coefficient (Wildman–Crippen LogP) is 3.76. The van der Waals surface area contributed by atoms with Crippen molar-refractivity contribution in [2.24, 2.45) is 21.5 Å². The van der Waals surface area contributed by atoms with Crippen LogP contribution >= 0.6 is 0 Å². The molecular formula is C19H22N4O. The largest absolute Gasteiger partial charge is 0.512 e. The number of para-hydroxylation sites is 2. The van der Waals surface area contributed by atoms with Gasteiger partial charge in [0.05, 0.1) is 16.9 Å². The topological polar surface area (TPSA) is 97.0 Å². The molecule has 0 aliphatic rings. The number of aliphatic hydroxyl groups is 1. The zero-order valence-corrected chi connectivity index (χ0v) is 13.9. The summed E-state index contributed by atoms with van der Waals surface area (Å²) in [6.45, 7) is 3.56. The molecule has 0 amide bonds. The molecule has 0 aliphatic heterocycles. The Hall–Kier alpha value is -3.08. The van der Waals surface area contributed by atoms with Crippen molar-refractivity contribution in [1.29, 1.82) is 0 Å². The molecule has 24 heavy (non-hydrogen) atoms. The Labute approximate surface area is 142 Å². The van der Waals surface area contributed by atoms with Gasteiger partial charge in [-0.05, 0) is 37.1 Å². The summed E-state index contributed by atoms with van der Waals surface area (Å²) in [5, 5.41) is 9.99. The summed E-state index contributed by atoms with van der Waals surface area (Å²) in [7, 11) is 0. The Bertz CT molecular complexity index is 788. The van der Waals surface area contributed by atoms with E-state index < -0.39 is 0 Å². The third kappa shape index (κ3) is 4.23. The third-order valence-electron chi connectivity index (χ3n) is 3.49. The molecule has 0 aromatic heterocycles. The lowest BCUT2D eigenvalue weighted by atomic mass is 10.1. The molecule has 0 aliphatic carbocycles. The van der Waals surface area contributed by atoms with Crippen LogP contribution in [0.25, 0.3) is 0 Å². The molecule has 0 radical (unpaired) electrons. The first kappa shape index (κ1) is 17.3. The first-order valence-corrected chi connectivity index (χ1v) is 7.74. The van der Waals surface area contributed by atoms with Gasteiger partial charge in [0, 0.05) is 0 Å². The molecule has 0 saturated heterocycles. The standard InChI is InChI=1S/C19H22N4O/c1-3-14-9-7-8-12-16(14)23-19(21)17(13(2)24)18(20)22-15-10-5-4-6-11-15/h4-12,24H,3H2,1-2H3,(H2,20,22)(H2,21,23)/b17-13+. The first-order valence-electron chi connectivity index (χ1n) is 7.74. The van der Waals surface area contributed by atoms with E-state index in [0.29, 0.717) is 5.69 Å². The van der Waals surface area contributed by atoms with Crippen LogP contribution in [0.4, 0.5) is 11.4 Å². The van der Waals surface area contributed by atoms with Crippen molar-refractivity contribution in [2.45, 2.75) is 20.3 Å². The predicted molar refractivity (Wildman–Crippen MR) is 100 cm³/mol. The second-order valence-corrected chi connectivity index (χ2v) is 5.27. The summed E-state index contributed by atoms with van der Waals surface area (Å²) < 4.78 is 0. The second-order valence-electron chi connectivity index (χ2n) is 5.27. The Balaban J connectivity index is 2.43. The van der Waals surface area contributed by atoms with Crippen LogP contribution in [0.5, 0.6) is 0 Å². The van der Waals surface area contributed by atoms with Crippen LogP contribution < -0.4 is 11.5 Å². The van der Waals surface area contributed by atoms with E-state index in [2.05, 4.69) is 9.98 Å². The van der Waals surface area contributed by atoms with E-state index in [-0.39, 0.29) is 23.0 Å². The van der Waals surface area contributed by atoms with Crippen LogP contribution in [0.1, 0.15) is 19.4 Å². The van der Waals surface area contributed by atoms with Gasteiger partial charge in [0.15, 0.2) is 0 Å². The molecule has 5 N–H and O–H groups in total. The molecule has 5 heteroatoms. The van der Waals surface area contributed by atoms with Crippen molar-refractivity contribution in [3.05, 3.63) is 71.5 Å². The van der Waals surface area contributed by atoms with Gasteiger partial charge in [-0.15, -0.1) is 0 Å². The van der Waals surface area contributed by atoms with E-state index in [4.69, 9.17) is 11.5 Å². The van der Waals surface area contributed by atoms with Crippen molar-refractivity contribution in [2.75, 3.05) is 0 Å². The van der Waals surface area contributed by atoms with Gasteiger partial charge >= 0.3 is 0 Å². The highest BCUT2D eigenvalue weighted by molar-refractivity contribution is 6.23. The van der Waals surface area contributed by atoms with Gasteiger partial charge in [-0.25, -0.2) is 9.98 Å². The van der Waals surface area contributed by atoms with E-state index in [1.165, 1.54) is 6.92 Å². The summed E-state index contributed by atoms with van der Waals surface area (Å²) in [6.07, 6.45) is 0.831. The molecule has 0 saturated carbocycles. The van der Waals surface area contributed by atoms with Gasteiger partial charge in [-0.2, -0.15) is 0 Å². The smallest absolute Gasteiger partial charge is 0.138 e. The molecule has 0 spiro atoms. The van der Waals surface area contributed by atoms with Crippen LogP contribution in [0, 0.1) is 0 Å². The fraction of sp³-hybridized carbons (Fsp3) is 0.158. The SMILES string of the molecule is CCc1ccccc1N=C(N)/C(C(N)=Nc1ccccc1)=C(\C)O. The van der Waals surface area contributed by atoms with Gasteiger partial charge < -0.3 is 16.6 Å². The molecular weight excluding hydrogens is 300 g/mol. The molecule has 2 rings (SSSR count). The fourth-order valence-electron chi connectivity index (χ4n) is 2.30. The maximum absolute atomic E-state index is 9.99. The van der Waals surface area contributed by atoms with Crippen molar-refractivity contribution in [3.8, 4) is 0 Å². The fourth-order valence-corrected chi connectivity index (χ4v) is 2.30. The molecule has 5 nitrogen and oxygen atoms in total. The number of aryl methyl sites for hydroxylation is 1. The van der Waals surface area contributed by atoms with Crippen LogP contribution in [-0.2, 0) is 6.42 Å². The lowest BCUT2D eigenvalue weighted by Crippen LogP contribution is -2.28. The lowest BCUT2D eigenvalue weighted by Gasteiger charge is -2.10. The summed E-state index contributed by atoms with van der Waals surface area (Å²) in [4.78, 5) is 8.73. The highest BCUT2D eigenvalue weighted by Crippen LogP contribution is 2.20. The molecule has 2 aromatic carbocycles. The minimum absolute atomic E-state index is 0.0255. The number of aliphatic imine (C=N–C) groups is 2. The summed E-state index contributed by atoms with van der Waals surface area (Å²) in [6, 6.07) is 16.9. The minimum atomic E-state index is -0.0255. The number of rotatable bonds is 5. The van der Waals surface area contributed by atoms with Crippen LogP contribution in [0.2, 0.25) is 0 Å². The second kappa shape index (κ2) is 7.97. The van der Waals surface area contributed by atoms with Crippen molar-refractivity contribution >= 4 is 23.0 Å². The molecule has 0 heterocycles. The third-order valence-corrected chi connectivity index (χ3v) is 3.49. The lowest BCUT2D eigenvalue weighted by molar-refractivity contribution is 0.413. The van der Waals surface area contributed by atoms with Gasteiger partial charge in [-0.3, -0.25) is 0 Å². The van der Waals surface area contributed by atoms with Crippen LogP contribution in [-0.4, -0.2) is 16.8 Å². The number of nitrogens with two attached hydrogens (primary N) is 2.